The van der Waals surface area contributed by atoms with Gasteiger partial charge in [0, 0.05) is 19.2 Å². The van der Waals surface area contributed by atoms with Crippen LogP contribution in [0.5, 0.6) is 11.5 Å². The molecule has 1 aliphatic heterocycles. The Labute approximate surface area is 172 Å². The minimum Gasteiger partial charge on any atom is -0.454 e. The summed E-state index contributed by atoms with van der Waals surface area (Å²) in [6.07, 6.45) is 0.0962. The number of rotatable bonds is 4. The van der Waals surface area contributed by atoms with E-state index in [1.165, 1.54) is 11.3 Å². The molecule has 3 aromatic rings. The van der Waals surface area contributed by atoms with Crippen LogP contribution < -0.4 is 14.3 Å². The number of hydrogen-bond donors (Lipinski definition) is 0. The van der Waals surface area contributed by atoms with E-state index in [-0.39, 0.29) is 24.0 Å². The first-order valence-corrected chi connectivity index (χ1v) is 11.4. The van der Waals surface area contributed by atoms with Gasteiger partial charge in [-0.25, -0.2) is 8.42 Å². The third-order valence-electron chi connectivity index (χ3n) is 4.75. The number of carbonyl (C=O) groups is 1. The summed E-state index contributed by atoms with van der Waals surface area (Å²) < 4.78 is 38.0. The van der Waals surface area contributed by atoms with Crippen LogP contribution in [-0.2, 0) is 28.1 Å². The van der Waals surface area contributed by atoms with E-state index >= 15 is 0 Å². The first-order chi connectivity index (χ1) is 13.8. The van der Waals surface area contributed by atoms with Gasteiger partial charge in [-0.2, -0.15) is 4.99 Å². The molecule has 7 nitrogen and oxygen atoms in total. The van der Waals surface area contributed by atoms with E-state index < -0.39 is 15.1 Å². The van der Waals surface area contributed by atoms with Crippen LogP contribution in [0.2, 0.25) is 0 Å². The lowest BCUT2D eigenvalue weighted by atomic mass is 10.1. The molecule has 1 aromatic heterocycles. The second-order valence-corrected chi connectivity index (χ2v) is 10.6. The first-order valence-electron chi connectivity index (χ1n) is 9.05. The fraction of sp³-hybridized carbons (Fsp3) is 0.300. The summed E-state index contributed by atoms with van der Waals surface area (Å²) in [6.45, 7) is 3.50. The second kappa shape index (κ2) is 7.31. The van der Waals surface area contributed by atoms with Gasteiger partial charge in [0.1, 0.15) is 0 Å². The third kappa shape index (κ3) is 3.67. The molecule has 0 saturated carbocycles. The highest BCUT2D eigenvalue weighted by atomic mass is 32.2. The van der Waals surface area contributed by atoms with E-state index in [2.05, 4.69) is 4.99 Å². The summed E-state index contributed by atoms with van der Waals surface area (Å²) in [5.41, 5.74) is 1.63. The minimum atomic E-state index is -3.33. The molecule has 0 spiro atoms. The van der Waals surface area contributed by atoms with Crippen molar-refractivity contribution in [3.63, 3.8) is 0 Å². The number of benzene rings is 2. The van der Waals surface area contributed by atoms with Crippen LogP contribution in [0.25, 0.3) is 10.2 Å². The molecular formula is C20H20N2O5S2. The Morgan fingerprint density at radius 2 is 1.83 bits per heavy atom. The molecule has 0 atom stereocenters. The Morgan fingerprint density at radius 3 is 2.48 bits per heavy atom. The number of fused-ring (bicyclic) bond motifs is 2. The minimum absolute atomic E-state index is 0.0962. The second-order valence-electron chi connectivity index (χ2n) is 7.04. The van der Waals surface area contributed by atoms with Crippen LogP contribution in [0, 0.1) is 0 Å². The van der Waals surface area contributed by atoms with Gasteiger partial charge in [0.25, 0.3) is 5.91 Å². The molecule has 0 aliphatic carbocycles. The molecule has 2 aromatic carbocycles. The Morgan fingerprint density at radius 1 is 1.17 bits per heavy atom. The molecule has 1 amide bonds. The molecule has 0 radical (unpaired) electrons. The quantitative estimate of drug-likeness (QED) is 0.633. The largest absolute Gasteiger partial charge is 0.454 e. The zero-order valence-corrected chi connectivity index (χ0v) is 17.8. The molecule has 0 N–H and O–H groups in total. The first kappa shape index (κ1) is 19.7. The molecule has 9 heteroatoms. The average molecular weight is 433 g/mol. The van der Waals surface area contributed by atoms with Gasteiger partial charge < -0.3 is 14.0 Å². The number of hydrogen-bond acceptors (Lipinski definition) is 6. The number of amides is 1. The molecular weight excluding hydrogens is 412 g/mol. The maximum Gasteiger partial charge on any atom is 0.252 e. The van der Waals surface area contributed by atoms with Gasteiger partial charge in [0.2, 0.25) is 6.79 Å². The van der Waals surface area contributed by atoms with Crippen LogP contribution >= 0.6 is 11.3 Å². The summed E-state index contributed by atoms with van der Waals surface area (Å²) in [5.74, 6) is 1.07. The van der Waals surface area contributed by atoms with Gasteiger partial charge in [-0.1, -0.05) is 23.5 Å². The Hall–Kier alpha value is -2.65. The summed E-state index contributed by atoms with van der Waals surface area (Å²) in [4.78, 5) is 17.5. The van der Waals surface area contributed by atoms with Crippen molar-refractivity contribution < 1.29 is 22.7 Å². The molecule has 4 rings (SSSR count). The van der Waals surface area contributed by atoms with Crippen molar-refractivity contribution in [1.82, 2.24) is 4.57 Å². The monoisotopic (exact) mass is 432 g/mol. The highest BCUT2D eigenvalue weighted by Crippen LogP contribution is 2.36. The Kier molecular flexibility index (Phi) is 4.95. The molecule has 0 saturated heterocycles. The van der Waals surface area contributed by atoms with E-state index in [1.807, 2.05) is 23.7 Å². The lowest BCUT2D eigenvalue weighted by molar-refractivity contribution is -0.117. The van der Waals surface area contributed by atoms with Gasteiger partial charge in [0.15, 0.2) is 26.1 Å². The standard InChI is InChI=1S/C20H20N2O5S2/c1-12(2)29(24,25)14-6-4-13(5-7-14)8-19(23)21-20-22(3)15-9-16-17(27-11-26-16)10-18(15)28-20/h4-7,9-10,12H,8,11H2,1-3H3. The Bertz CT molecular complexity index is 1270. The molecule has 0 bridgehead atoms. The van der Waals surface area contributed by atoms with E-state index in [0.29, 0.717) is 21.9 Å². The van der Waals surface area contributed by atoms with Crippen LogP contribution in [0.3, 0.4) is 0 Å². The lowest BCUT2D eigenvalue weighted by Gasteiger charge is -2.08. The number of nitrogens with zero attached hydrogens (tertiary/aromatic N) is 2. The van der Waals surface area contributed by atoms with Gasteiger partial charge in [-0.3, -0.25) is 4.79 Å². The SMILES string of the molecule is CC(C)S(=O)(=O)c1ccc(CC(=O)N=c2sc3cc4c(cc3n2C)OCO4)cc1. The molecule has 152 valence electrons. The molecule has 0 fully saturated rings. The fourth-order valence-electron chi connectivity index (χ4n) is 3.01. The van der Waals surface area contributed by atoms with Crippen molar-refractivity contribution in [1.29, 1.82) is 0 Å². The Balaban J connectivity index is 1.58. The van der Waals surface area contributed by atoms with E-state index in [1.54, 1.807) is 38.1 Å². The lowest BCUT2D eigenvalue weighted by Crippen LogP contribution is -2.15. The summed E-state index contributed by atoms with van der Waals surface area (Å²) in [7, 11) is -1.48. The van der Waals surface area contributed by atoms with Gasteiger partial charge in [0.05, 0.1) is 26.8 Å². The van der Waals surface area contributed by atoms with Crippen molar-refractivity contribution in [2.75, 3.05) is 6.79 Å². The maximum absolute atomic E-state index is 12.5. The average Bonchev–Trinajstić information content (AvgIpc) is 3.24. The number of aromatic nitrogens is 1. The van der Waals surface area contributed by atoms with Crippen molar-refractivity contribution >= 4 is 37.3 Å². The zero-order valence-electron chi connectivity index (χ0n) is 16.2. The number of thiazole rings is 1. The van der Waals surface area contributed by atoms with E-state index in [0.717, 1.165) is 10.2 Å². The van der Waals surface area contributed by atoms with Crippen LogP contribution in [-0.4, -0.2) is 30.9 Å². The van der Waals surface area contributed by atoms with Crippen LogP contribution in [0.4, 0.5) is 0 Å². The van der Waals surface area contributed by atoms with Crippen molar-refractivity contribution in [3.05, 3.63) is 46.8 Å². The predicted octanol–water partition coefficient (Wildman–Crippen LogP) is 2.82. The zero-order chi connectivity index (χ0) is 20.8. The summed E-state index contributed by atoms with van der Waals surface area (Å²) >= 11 is 1.40. The van der Waals surface area contributed by atoms with E-state index in [4.69, 9.17) is 9.47 Å². The molecule has 0 unspecified atom stereocenters. The predicted molar refractivity (Wildman–Crippen MR) is 110 cm³/mol. The van der Waals surface area contributed by atoms with E-state index in [9.17, 15) is 13.2 Å². The van der Waals surface area contributed by atoms with Crippen molar-refractivity contribution in [2.45, 2.75) is 30.4 Å². The normalized spacial score (nSPS) is 14.1. The number of carbonyl (C=O) groups excluding carboxylic acids is 1. The van der Waals surface area contributed by atoms with Crippen molar-refractivity contribution in [3.8, 4) is 11.5 Å². The highest BCUT2D eigenvalue weighted by molar-refractivity contribution is 7.92. The third-order valence-corrected chi connectivity index (χ3v) is 8.02. The van der Waals surface area contributed by atoms with Gasteiger partial charge in [-0.05, 0) is 31.5 Å². The van der Waals surface area contributed by atoms with Crippen LogP contribution in [0.1, 0.15) is 19.4 Å². The molecule has 1 aliphatic rings. The van der Waals surface area contributed by atoms with Gasteiger partial charge in [-0.15, -0.1) is 0 Å². The van der Waals surface area contributed by atoms with Crippen molar-refractivity contribution in [2.24, 2.45) is 12.0 Å². The molecule has 29 heavy (non-hydrogen) atoms. The topological polar surface area (TPSA) is 87.0 Å². The molecule has 2 heterocycles. The number of sulfone groups is 1. The number of aryl methyl sites for hydroxylation is 1. The van der Waals surface area contributed by atoms with Crippen LogP contribution in [0.15, 0.2) is 46.3 Å². The maximum atomic E-state index is 12.5. The smallest absolute Gasteiger partial charge is 0.252 e. The highest BCUT2D eigenvalue weighted by Gasteiger charge is 2.19. The fourth-order valence-corrected chi connectivity index (χ4v) is 5.12. The van der Waals surface area contributed by atoms with Gasteiger partial charge >= 0.3 is 0 Å². The summed E-state index contributed by atoms with van der Waals surface area (Å²) in [6, 6.07) is 10.2. The number of ether oxygens (including phenoxy) is 2. The summed E-state index contributed by atoms with van der Waals surface area (Å²) in [5, 5.41) is -0.491.